The van der Waals surface area contributed by atoms with Crippen LogP contribution in [0.2, 0.25) is 0 Å². The van der Waals surface area contributed by atoms with Crippen molar-refractivity contribution in [3.8, 4) is 16.9 Å². The van der Waals surface area contributed by atoms with Gasteiger partial charge in [0.2, 0.25) is 0 Å². The standard InChI is InChI=1S/C29H22N4O5S/c30-22-10-6-18(7-11-22)19-8-12-23(13-9-19)32-33-27-26(39(36,37)38)17-21-16-24(14-15-25(21)28(27)34)31-29(35)20-4-2-1-3-5-20/h1-17,34H,30H2,(H,31,35)(H,36,37,38). The molecule has 0 heterocycles. The van der Waals surface area contributed by atoms with Crippen molar-refractivity contribution in [3.63, 3.8) is 0 Å². The van der Waals surface area contributed by atoms with E-state index < -0.39 is 26.5 Å². The van der Waals surface area contributed by atoms with Crippen LogP contribution in [-0.4, -0.2) is 24.0 Å². The molecule has 39 heavy (non-hydrogen) atoms. The van der Waals surface area contributed by atoms with Crippen molar-refractivity contribution < 1.29 is 22.9 Å². The molecule has 0 unspecified atom stereocenters. The van der Waals surface area contributed by atoms with Gasteiger partial charge in [0.25, 0.3) is 16.0 Å². The fraction of sp³-hybridized carbons (Fsp3) is 0. The number of aromatic hydroxyl groups is 1. The number of hydrogen-bond acceptors (Lipinski definition) is 7. The van der Waals surface area contributed by atoms with Gasteiger partial charge in [-0.2, -0.15) is 13.5 Å². The number of phenolic OH excluding ortho intramolecular Hbond substituents is 1. The quantitative estimate of drug-likeness (QED) is 0.107. The van der Waals surface area contributed by atoms with Gasteiger partial charge >= 0.3 is 0 Å². The highest BCUT2D eigenvalue weighted by Crippen LogP contribution is 2.42. The summed E-state index contributed by atoms with van der Waals surface area (Å²) in [6.07, 6.45) is 0. The first kappa shape index (κ1) is 25.6. The molecule has 1 amide bonds. The average molecular weight is 539 g/mol. The molecule has 0 aliphatic heterocycles. The van der Waals surface area contributed by atoms with E-state index in [1.807, 2.05) is 24.3 Å². The number of carbonyl (C=O) groups excluding carboxylic acids is 1. The molecular formula is C29H22N4O5S. The Morgan fingerprint density at radius 3 is 2.08 bits per heavy atom. The summed E-state index contributed by atoms with van der Waals surface area (Å²) in [6.45, 7) is 0. The van der Waals surface area contributed by atoms with Gasteiger partial charge in [0.1, 0.15) is 10.6 Å². The number of hydrogen-bond donors (Lipinski definition) is 4. The minimum absolute atomic E-state index is 0.257. The summed E-state index contributed by atoms with van der Waals surface area (Å²) in [5, 5.41) is 22.2. The van der Waals surface area contributed by atoms with Crippen LogP contribution in [0.3, 0.4) is 0 Å². The molecule has 10 heteroatoms. The minimum Gasteiger partial charge on any atom is -0.505 e. The van der Waals surface area contributed by atoms with E-state index in [2.05, 4.69) is 15.5 Å². The summed E-state index contributed by atoms with van der Waals surface area (Å²) in [4.78, 5) is 11.9. The number of benzene rings is 5. The van der Waals surface area contributed by atoms with Crippen molar-refractivity contribution >= 4 is 49.5 Å². The SMILES string of the molecule is Nc1ccc(-c2ccc(N=Nc3c(S(=O)(=O)O)cc4cc(NC(=O)c5ccccc5)ccc4c3O)cc2)cc1. The zero-order chi connectivity index (χ0) is 27.6. The number of anilines is 2. The summed E-state index contributed by atoms with van der Waals surface area (Å²) < 4.78 is 34.3. The monoisotopic (exact) mass is 538 g/mol. The fourth-order valence-corrected chi connectivity index (χ4v) is 4.68. The Kier molecular flexibility index (Phi) is 6.80. The second-order valence-electron chi connectivity index (χ2n) is 8.67. The van der Waals surface area contributed by atoms with Crippen LogP contribution in [0.25, 0.3) is 21.9 Å². The van der Waals surface area contributed by atoms with Gasteiger partial charge in [0.15, 0.2) is 5.75 Å². The van der Waals surface area contributed by atoms with Crippen molar-refractivity contribution in [3.05, 3.63) is 109 Å². The van der Waals surface area contributed by atoms with E-state index in [1.165, 1.54) is 18.2 Å². The molecule has 194 valence electrons. The Hall–Kier alpha value is -5.06. The number of nitrogens with two attached hydrogens (primary N) is 1. The third-order valence-corrected chi connectivity index (χ3v) is 6.87. The third-order valence-electron chi connectivity index (χ3n) is 6.00. The maximum absolute atomic E-state index is 12.5. The van der Waals surface area contributed by atoms with Crippen molar-refractivity contribution in [2.24, 2.45) is 10.2 Å². The Labute approximate surface area is 224 Å². The highest BCUT2D eigenvalue weighted by molar-refractivity contribution is 7.86. The molecule has 0 aliphatic rings. The van der Waals surface area contributed by atoms with Crippen LogP contribution >= 0.6 is 0 Å². The van der Waals surface area contributed by atoms with Crippen molar-refractivity contribution in [2.45, 2.75) is 4.90 Å². The second kappa shape index (κ2) is 10.4. The first-order chi connectivity index (χ1) is 18.7. The maximum Gasteiger partial charge on any atom is 0.296 e. The number of amides is 1. The van der Waals surface area contributed by atoms with Crippen LogP contribution in [0.15, 0.2) is 118 Å². The van der Waals surface area contributed by atoms with E-state index in [-0.39, 0.29) is 16.7 Å². The number of rotatable bonds is 6. The molecule has 5 rings (SSSR count). The molecule has 5 aromatic rings. The van der Waals surface area contributed by atoms with Crippen molar-refractivity contribution in [2.75, 3.05) is 11.1 Å². The Bertz CT molecular complexity index is 1820. The molecule has 5 aromatic carbocycles. The molecule has 0 atom stereocenters. The highest BCUT2D eigenvalue weighted by atomic mass is 32.2. The molecule has 0 aliphatic carbocycles. The van der Waals surface area contributed by atoms with Gasteiger partial charge in [0.05, 0.1) is 5.69 Å². The van der Waals surface area contributed by atoms with E-state index in [4.69, 9.17) is 5.73 Å². The van der Waals surface area contributed by atoms with Crippen LogP contribution < -0.4 is 11.1 Å². The smallest absolute Gasteiger partial charge is 0.296 e. The minimum atomic E-state index is -4.79. The maximum atomic E-state index is 12.5. The van der Waals surface area contributed by atoms with E-state index in [0.29, 0.717) is 22.6 Å². The number of phenols is 1. The van der Waals surface area contributed by atoms with Gasteiger partial charge in [-0.05, 0) is 77.2 Å². The van der Waals surface area contributed by atoms with E-state index in [1.54, 1.807) is 60.7 Å². The van der Waals surface area contributed by atoms with Gasteiger partial charge in [-0.25, -0.2) is 0 Å². The lowest BCUT2D eigenvalue weighted by atomic mass is 10.1. The number of nitrogens with zero attached hydrogens (tertiary/aromatic N) is 2. The van der Waals surface area contributed by atoms with Crippen molar-refractivity contribution in [1.82, 2.24) is 0 Å². The summed E-state index contributed by atoms with van der Waals surface area (Å²) in [5.74, 6) is -0.842. The largest absolute Gasteiger partial charge is 0.505 e. The lowest BCUT2D eigenvalue weighted by Gasteiger charge is -2.11. The predicted octanol–water partition coefficient (Wildman–Crippen LogP) is 6.71. The number of carbonyl (C=O) groups is 1. The van der Waals surface area contributed by atoms with E-state index in [0.717, 1.165) is 11.1 Å². The molecule has 0 bridgehead atoms. The predicted molar refractivity (Wildman–Crippen MR) is 150 cm³/mol. The number of nitrogens with one attached hydrogen (secondary N) is 1. The molecule has 9 nitrogen and oxygen atoms in total. The van der Waals surface area contributed by atoms with Crippen LogP contribution in [0.4, 0.5) is 22.7 Å². The van der Waals surface area contributed by atoms with Crippen LogP contribution in [0.1, 0.15) is 10.4 Å². The highest BCUT2D eigenvalue weighted by Gasteiger charge is 2.22. The average Bonchev–Trinajstić information content (AvgIpc) is 2.93. The summed E-state index contributed by atoms with van der Waals surface area (Å²) >= 11 is 0. The van der Waals surface area contributed by atoms with Gasteiger partial charge in [-0.15, -0.1) is 5.11 Å². The summed E-state index contributed by atoms with van der Waals surface area (Å²) in [5.41, 5.74) is 9.05. The fourth-order valence-electron chi connectivity index (χ4n) is 4.02. The third kappa shape index (κ3) is 5.61. The molecule has 0 radical (unpaired) electrons. The van der Waals surface area contributed by atoms with Gasteiger partial charge < -0.3 is 16.2 Å². The van der Waals surface area contributed by atoms with E-state index in [9.17, 15) is 22.9 Å². The van der Waals surface area contributed by atoms with Gasteiger partial charge in [-0.3, -0.25) is 9.35 Å². The lowest BCUT2D eigenvalue weighted by Crippen LogP contribution is -2.11. The van der Waals surface area contributed by atoms with Crippen LogP contribution in [0, 0.1) is 0 Å². The zero-order valence-electron chi connectivity index (χ0n) is 20.3. The zero-order valence-corrected chi connectivity index (χ0v) is 21.1. The molecular weight excluding hydrogens is 516 g/mol. The lowest BCUT2D eigenvalue weighted by molar-refractivity contribution is 0.102. The number of nitrogen functional groups attached to an aromatic ring is 1. The van der Waals surface area contributed by atoms with Crippen LogP contribution in [0.5, 0.6) is 5.75 Å². The van der Waals surface area contributed by atoms with Gasteiger partial charge in [0, 0.05) is 22.3 Å². The summed E-state index contributed by atoms with van der Waals surface area (Å²) in [7, 11) is -4.79. The number of azo groups is 1. The first-order valence-corrected chi connectivity index (χ1v) is 13.1. The first-order valence-electron chi connectivity index (χ1n) is 11.7. The van der Waals surface area contributed by atoms with Crippen LogP contribution in [-0.2, 0) is 10.1 Å². The Morgan fingerprint density at radius 1 is 0.795 bits per heavy atom. The Balaban J connectivity index is 1.47. The number of fused-ring (bicyclic) bond motifs is 1. The second-order valence-corrected chi connectivity index (χ2v) is 10.1. The Morgan fingerprint density at radius 2 is 1.44 bits per heavy atom. The van der Waals surface area contributed by atoms with Crippen molar-refractivity contribution in [1.29, 1.82) is 0 Å². The van der Waals surface area contributed by atoms with Gasteiger partial charge in [-0.1, -0.05) is 42.5 Å². The normalized spacial score (nSPS) is 11.6. The van der Waals surface area contributed by atoms with E-state index >= 15 is 0 Å². The molecule has 0 fully saturated rings. The topological polar surface area (TPSA) is 154 Å². The molecule has 0 aromatic heterocycles. The molecule has 0 spiro atoms. The molecule has 5 N–H and O–H groups in total. The summed E-state index contributed by atoms with van der Waals surface area (Å²) in [6, 6.07) is 28.6. The molecule has 0 saturated heterocycles. The molecule has 0 saturated carbocycles.